The Morgan fingerprint density at radius 1 is 0.942 bits per heavy atom. The van der Waals surface area contributed by atoms with E-state index in [0.29, 0.717) is 5.56 Å². The van der Waals surface area contributed by atoms with Crippen molar-refractivity contribution in [2.75, 3.05) is 10.8 Å². The van der Waals surface area contributed by atoms with E-state index in [-0.39, 0.29) is 29.0 Å². The lowest BCUT2D eigenvalue weighted by Gasteiger charge is -2.20. The molecule has 0 bridgehead atoms. The molecule has 1 saturated heterocycles. The summed E-state index contributed by atoms with van der Waals surface area (Å²) in [5, 5.41) is 7.12. The predicted molar refractivity (Wildman–Crippen MR) is 157 cm³/mol. The third-order valence-electron chi connectivity index (χ3n) is 6.42. The molecule has 0 aliphatic carbocycles. The van der Waals surface area contributed by atoms with Crippen molar-refractivity contribution in [3.8, 4) is 11.5 Å². The van der Waals surface area contributed by atoms with Gasteiger partial charge in [-0.05, 0) is 48.4 Å². The molecule has 1 amide bonds. The summed E-state index contributed by atoms with van der Waals surface area (Å²) < 4.78 is 173. The summed E-state index contributed by atoms with van der Waals surface area (Å²) >= 11 is 0. The van der Waals surface area contributed by atoms with Crippen molar-refractivity contribution in [2.45, 2.75) is 36.3 Å². The van der Waals surface area contributed by atoms with Crippen LogP contribution in [0.3, 0.4) is 0 Å². The molecule has 282 valence electrons. The van der Waals surface area contributed by atoms with Gasteiger partial charge in [0, 0.05) is 6.07 Å². The predicted octanol–water partition coefficient (Wildman–Crippen LogP) is 4.44. The van der Waals surface area contributed by atoms with E-state index in [2.05, 4.69) is 24.2 Å². The zero-order chi connectivity index (χ0) is 38.9. The molecule has 52 heavy (non-hydrogen) atoms. The third-order valence-corrected chi connectivity index (χ3v) is 9.34. The highest BCUT2D eigenvalue weighted by molar-refractivity contribution is 7.92. The molecule has 14 nitrogen and oxygen atoms in total. The van der Waals surface area contributed by atoms with Gasteiger partial charge < -0.3 is 19.6 Å². The van der Waals surface area contributed by atoms with Gasteiger partial charge in [0.05, 0.1) is 22.8 Å². The van der Waals surface area contributed by atoms with Gasteiger partial charge in [0.1, 0.15) is 28.8 Å². The number of carbonyl (C=O) groups is 2. The highest BCUT2D eigenvalue weighted by Crippen LogP contribution is 2.32. The lowest BCUT2D eigenvalue weighted by molar-refractivity contribution is -0.276. The first-order valence-corrected chi connectivity index (χ1v) is 16.6. The Kier molecular flexibility index (Phi) is 10.9. The van der Waals surface area contributed by atoms with Crippen LogP contribution >= 0.6 is 0 Å². The zero-order valence-electron chi connectivity index (χ0n) is 25.2. The molecule has 1 aromatic heterocycles. The second-order valence-electron chi connectivity index (χ2n) is 10.2. The Balaban J connectivity index is 0.000000785. The topological polar surface area (TPSA) is 197 Å². The van der Waals surface area contributed by atoms with Crippen molar-refractivity contribution in [3.63, 3.8) is 0 Å². The fourth-order valence-corrected chi connectivity index (χ4v) is 6.89. The summed E-state index contributed by atoms with van der Waals surface area (Å²) in [6.07, 6.45) is -15.5. The van der Waals surface area contributed by atoms with Crippen molar-refractivity contribution >= 4 is 48.8 Å². The number of fused-ring (bicyclic) bond motifs is 1. The van der Waals surface area contributed by atoms with Crippen molar-refractivity contribution in [1.29, 1.82) is 0 Å². The molecule has 4 aromatic rings. The Morgan fingerprint density at radius 3 is 2.08 bits per heavy atom. The minimum Gasteiger partial charge on any atom is -0.475 e. The maximum Gasteiger partial charge on any atom is 0.573 e. The number of H-pyrrole nitrogens is 1. The van der Waals surface area contributed by atoms with Crippen molar-refractivity contribution in [2.24, 2.45) is 0 Å². The molecular formula is C27H20F9N5O9S2. The third kappa shape index (κ3) is 10.4. The van der Waals surface area contributed by atoms with Gasteiger partial charge in [0.15, 0.2) is 0 Å². The lowest BCUT2D eigenvalue weighted by atomic mass is 10.1. The van der Waals surface area contributed by atoms with Crippen LogP contribution in [0.5, 0.6) is 11.5 Å². The lowest BCUT2D eigenvalue weighted by Crippen LogP contribution is -2.32. The Labute approximate surface area is 285 Å². The van der Waals surface area contributed by atoms with E-state index in [1.54, 1.807) is 0 Å². The second kappa shape index (κ2) is 14.4. The molecule has 0 saturated carbocycles. The number of aliphatic carboxylic acids is 1. The summed E-state index contributed by atoms with van der Waals surface area (Å²) in [5.41, 5.74) is 0.594. The first kappa shape index (κ1) is 39.5. The number of anilines is 1. The van der Waals surface area contributed by atoms with Crippen LogP contribution in [-0.2, 0) is 36.2 Å². The molecule has 5 rings (SSSR count). The van der Waals surface area contributed by atoms with Gasteiger partial charge >= 0.3 is 35.1 Å². The largest absolute Gasteiger partial charge is 0.573 e. The van der Waals surface area contributed by atoms with Gasteiger partial charge in [-0.25, -0.2) is 31.9 Å². The molecular weight excluding hydrogens is 773 g/mol. The molecule has 1 atom stereocenters. The van der Waals surface area contributed by atoms with Crippen LogP contribution in [0, 0.1) is 0 Å². The van der Waals surface area contributed by atoms with Crippen LogP contribution in [0.2, 0.25) is 0 Å². The van der Waals surface area contributed by atoms with E-state index in [0.717, 1.165) is 34.6 Å². The summed E-state index contributed by atoms with van der Waals surface area (Å²) in [6.45, 7) is -0.470. The van der Waals surface area contributed by atoms with E-state index in [1.165, 1.54) is 36.4 Å². The SMILES string of the molecule is O=C(O)C(F)(F)F.O=C1CN(c2ccc(C[C@H](NS(=O)(=O)c3ccccc3OC(F)(F)F)c3nc4ccc(OC(F)(F)F)cc4[nH]3)cc2)S(=O)(=O)N1. The normalized spacial score (nSPS) is 15.4. The molecule has 25 heteroatoms. The number of imidazole rings is 1. The number of carboxylic acids is 1. The first-order valence-electron chi connectivity index (χ1n) is 13.7. The first-order chi connectivity index (χ1) is 23.8. The van der Waals surface area contributed by atoms with E-state index < -0.39 is 80.0 Å². The number of para-hydroxylation sites is 1. The minimum atomic E-state index is -5.22. The van der Waals surface area contributed by atoms with Crippen LogP contribution in [0.15, 0.2) is 71.6 Å². The van der Waals surface area contributed by atoms with Gasteiger partial charge in [-0.2, -0.15) is 21.6 Å². The zero-order valence-corrected chi connectivity index (χ0v) is 26.8. The van der Waals surface area contributed by atoms with Crippen molar-refractivity contribution < 1.29 is 80.5 Å². The molecule has 4 N–H and O–H groups in total. The van der Waals surface area contributed by atoms with Crippen LogP contribution in [0.1, 0.15) is 17.4 Å². The number of carboxylic acid groups (broad SMARTS) is 1. The molecule has 2 heterocycles. The van der Waals surface area contributed by atoms with E-state index >= 15 is 0 Å². The number of aromatic amines is 1. The highest BCUT2D eigenvalue weighted by atomic mass is 32.2. The fourth-order valence-electron chi connectivity index (χ4n) is 4.41. The number of nitrogens with one attached hydrogen (secondary N) is 3. The summed E-state index contributed by atoms with van der Waals surface area (Å²) in [6, 6.07) is 11.2. The van der Waals surface area contributed by atoms with E-state index in [1.807, 2.05) is 4.72 Å². The summed E-state index contributed by atoms with van der Waals surface area (Å²) in [7, 11) is -8.90. The number of carbonyl (C=O) groups excluding carboxylic acids is 1. The molecule has 1 aliphatic rings. The van der Waals surface area contributed by atoms with Crippen LogP contribution in [0.4, 0.5) is 45.2 Å². The smallest absolute Gasteiger partial charge is 0.475 e. The Hall–Kier alpha value is -5.30. The fraction of sp³-hybridized carbons (Fsp3) is 0.222. The number of aromatic nitrogens is 2. The van der Waals surface area contributed by atoms with Gasteiger partial charge in [0.2, 0.25) is 10.0 Å². The van der Waals surface area contributed by atoms with Gasteiger partial charge in [-0.3, -0.25) is 4.79 Å². The Morgan fingerprint density at radius 2 is 1.54 bits per heavy atom. The van der Waals surface area contributed by atoms with Crippen LogP contribution < -0.4 is 23.2 Å². The standard InChI is InChI=1S/C25H19F6N5O7S2.C2HF3O2/c26-24(27,28)42-16-9-10-17-18(12-16)33-23(32-17)19(34-44(38,39)21-4-2-1-3-20(21)43-25(29,30)31)11-14-5-7-15(8-6-14)36-13-22(37)35-45(36,40)41;3-2(4,5)1(6)7/h1-10,12,19,34H,11,13H2,(H,32,33)(H,35,37);(H,6,7)/t19-;/m0./s1. The minimum absolute atomic E-state index is 0.0171. The van der Waals surface area contributed by atoms with Gasteiger partial charge in [-0.1, -0.05) is 24.3 Å². The van der Waals surface area contributed by atoms with Crippen LogP contribution in [0.25, 0.3) is 11.0 Å². The van der Waals surface area contributed by atoms with Gasteiger partial charge in [0.25, 0.3) is 5.91 Å². The molecule has 0 radical (unpaired) electrons. The summed E-state index contributed by atoms with van der Waals surface area (Å²) in [5.74, 6) is -5.26. The maximum atomic E-state index is 13.4. The molecule has 0 spiro atoms. The van der Waals surface area contributed by atoms with Gasteiger partial charge in [-0.15, -0.1) is 26.3 Å². The number of halogens is 9. The quantitative estimate of drug-likeness (QED) is 0.176. The number of alkyl halides is 9. The number of hydrogen-bond donors (Lipinski definition) is 4. The number of ether oxygens (including phenoxy) is 2. The molecule has 1 fully saturated rings. The molecule has 0 unspecified atom stereocenters. The molecule has 3 aromatic carbocycles. The second-order valence-corrected chi connectivity index (χ2v) is 13.5. The monoisotopic (exact) mass is 793 g/mol. The average molecular weight is 794 g/mol. The number of benzene rings is 3. The van der Waals surface area contributed by atoms with E-state index in [4.69, 9.17) is 9.90 Å². The number of hydrogen-bond acceptors (Lipinski definition) is 9. The number of rotatable bonds is 9. The van der Waals surface area contributed by atoms with Crippen molar-refractivity contribution in [3.05, 3.63) is 78.1 Å². The van der Waals surface area contributed by atoms with Crippen LogP contribution in [-0.4, -0.2) is 69.2 Å². The number of sulfonamides is 1. The number of amides is 1. The average Bonchev–Trinajstić information content (AvgIpc) is 3.54. The Bertz CT molecular complexity index is 2170. The highest BCUT2D eigenvalue weighted by Gasteiger charge is 2.39. The van der Waals surface area contributed by atoms with E-state index in [9.17, 15) is 61.1 Å². The number of nitrogens with zero attached hydrogens (tertiary/aromatic N) is 2. The maximum absolute atomic E-state index is 13.4. The summed E-state index contributed by atoms with van der Waals surface area (Å²) in [4.78, 5) is 26.6. The van der Waals surface area contributed by atoms with Crippen molar-refractivity contribution in [1.82, 2.24) is 19.4 Å². The molecule has 1 aliphatic heterocycles.